The first-order chi connectivity index (χ1) is 10.9. The first kappa shape index (κ1) is 16.3. The predicted molar refractivity (Wildman–Crippen MR) is 86.2 cm³/mol. The lowest BCUT2D eigenvalue weighted by Crippen LogP contribution is -2.52. The van der Waals surface area contributed by atoms with E-state index in [-0.39, 0.29) is 18.3 Å². The summed E-state index contributed by atoms with van der Waals surface area (Å²) in [4.78, 5) is 26.2. The molecule has 1 spiro atoms. The number of benzene rings is 1. The number of rotatable bonds is 2. The summed E-state index contributed by atoms with van der Waals surface area (Å²) in [6.07, 6.45) is 1.64. The second-order valence-corrected chi connectivity index (χ2v) is 6.73. The van der Waals surface area contributed by atoms with Crippen molar-refractivity contribution >= 4 is 23.3 Å². The topological polar surface area (TPSA) is 55.8 Å². The fourth-order valence-corrected chi connectivity index (χ4v) is 3.64. The van der Waals surface area contributed by atoms with E-state index in [1.54, 1.807) is 11.0 Å². The summed E-state index contributed by atoms with van der Waals surface area (Å²) in [5.74, 6) is 0.684. The number of carbonyl (C=O) groups excluding carboxylic acids is 2. The van der Waals surface area contributed by atoms with E-state index < -0.39 is 5.60 Å². The van der Waals surface area contributed by atoms with Gasteiger partial charge in [0.15, 0.2) is 5.78 Å². The van der Waals surface area contributed by atoms with Gasteiger partial charge in [0.1, 0.15) is 18.0 Å². The molecule has 0 saturated carbocycles. The molecule has 5 nitrogen and oxygen atoms in total. The Labute approximate surface area is 140 Å². The van der Waals surface area contributed by atoms with Crippen molar-refractivity contribution in [2.45, 2.75) is 31.8 Å². The Balaban J connectivity index is 1.79. The van der Waals surface area contributed by atoms with Crippen LogP contribution >= 0.6 is 11.6 Å². The second kappa shape index (κ2) is 6.13. The highest BCUT2D eigenvalue weighted by atomic mass is 35.5. The van der Waals surface area contributed by atoms with E-state index in [2.05, 4.69) is 0 Å². The molecule has 0 radical (unpaired) electrons. The van der Waals surface area contributed by atoms with E-state index in [1.165, 1.54) is 7.11 Å². The number of hydrogen-bond donors (Lipinski definition) is 0. The van der Waals surface area contributed by atoms with Crippen LogP contribution < -0.4 is 4.74 Å². The molecule has 3 rings (SSSR count). The molecule has 0 unspecified atom stereocenters. The van der Waals surface area contributed by atoms with Crippen LogP contribution in [0.3, 0.4) is 0 Å². The molecule has 2 aliphatic rings. The number of halogens is 1. The SMILES string of the molecule is COCC(=O)N1CCC2(CC1)CC(=O)c1cc(Cl)cc(C)c1O2. The minimum atomic E-state index is -0.507. The smallest absolute Gasteiger partial charge is 0.248 e. The maximum atomic E-state index is 12.5. The maximum Gasteiger partial charge on any atom is 0.248 e. The number of methoxy groups -OCH3 is 1. The molecule has 124 valence electrons. The number of hydrogen-bond acceptors (Lipinski definition) is 4. The fraction of sp³-hybridized carbons (Fsp3) is 0.529. The van der Waals surface area contributed by atoms with Crippen LogP contribution in [0.25, 0.3) is 0 Å². The maximum absolute atomic E-state index is 12.5. The monoisotopic (exact) mass is 337 g/mol. The third kappa shape index (κ3) is 3.08. The zero-order valence-electron chi connectivity index (χ0n) is 13.4. The summed E-state index contributed by atoms with van der Waals surface area (Å²) < 4.78 is 11.2. The van der Waals surface area contributed by atoms with Crippen molar-refractivity contribution in [1.82, 2.24) is 4.90 Å². The molecule has 1 fully saturated rings. The highest BCUT2D eigenvalue weighted by Crippen LogP contribution is 2.42. The van der Waals surface area contributed by atoms with E-state index >= 15 is 0 Å². The Morgan fingerprint density at radius 1 is 1.39 bits per heavy atom. The molecule has 1 saturated heterocycles. The van der Waals surface area contributed by atoms with Crippen LogP contribution in [0, 0.1) is 6.92 Å². The van der Waals surface area contributed by atoms with Gasteiger partial charge < -0.3 is 14.4 Å². The summed E-state index contributed by atoms with van der Waals surface area (Å²) in [6.45, 7) is 3.15. The number of aryl methyl sites for hydroxylation is 1. The number of likely N-dealkylation sites (tertiary alicyclic amines) is 1. The highest BCUT2D eigenvalue weighted by Gasteiger charge is 2.44. The number of amides is 1. The van der Waals surface area contributed by atoms with Crippen LogP contribution in [0.15, 0.2) is 12.1 Å². The summed E-state index contributed by atoms with van der Waals surface area (Å²) >= 11 is 6.04. The Morgan fingerprint density at radius 3 is 2.74 bits per heavy atom. The van der Waals surface area contributed by atoms with Crippen LogP contribution in [0.1, 0.15) is 35.2 Å². The minimum Gasteiger partial charge on any atom is -0.486 e. The van der Waals surface area contributed by atoms with E-state index in [1.807, 2.05) is 13.0 Å². The van der Waals surface area contributed by atoms with Gasteiger partial charge >= 0.3 is 0 Å². The van der Waals surface area contributed by atoms with Crippen molar-refractivity contribution in [3.8, 4) is 5.75 Å². The molecule has 2 heterocycles. The third-order valence-electron chi connectivity index (χ3n) is 4.64. The number of ketones is 1. The largest absolute Gasteiger partial charge is 0.486 e. The summed E-state index contributed by atoms with van der Waals surface area (Å²) in [7, 11) is 1.51. The van der Waals surface area contributed by atoms with Gasteiger partial charge in [-0.15, -0.1) is 0 Å². The van der Waals surface area contributed by atoms with E-state index in [4.69, 9.17) is 21.1 Å². The Bertz CT molecular complexity index is 650. The first-order valence-corrected chi connectivity index (χ1v) is 8.11. The lowest BCUT2D eigenvalue weighted by atomic mass is 9.82. The zero-order valence-corrected chi connectivity index (χ0v) is 14.1. The summed E-state index contributed by atoms with van der Waals surface area (Å²) in [5.41, 5.74) is 0.934. The molecule has 1 amide bonds. The van der Waals surface area contributed by atoms with Crippen molar-refractivity contribution in [1.29, 1.82) is 0 Å². The highest BCUT2D eigenvalue weighted by molar-refractivity contribution is 6.31. The minimum absolute atomic E-state index is 0.0205. The molecule has 1 aromatic carbocycles. The van der Waals surface area contributed by atoms with E-state index in [9.17, 15) is 9.59 Å². The summed E-state index contributed by atoms with van der Waals surface area (Å²) in [6, 6.07) is 3.49. The van der Waals surface area contributed by atoms with Gasteiger partial charge in [0.2, 0.25) is 5.91 Å². The number of Topliss-reactive ketones (excluding diaryl/α,β-unsaturated/α-hetero) is 1. The average molecular weight is 338 g/mol. The summed E-state index contributed by atoms with van der Waals surface area (Å²) in [5, 5.41) is 0.550. The zero-order chi connectivity index (χ0) is 16.6. The molecule has 0 bridgehead atoms. The molecule has 0 atom stereocenters. The molecule has 1 aromatic rings. The van der Waals surface area contributed by atoms with Gasteiger partial charge in [-0.2, -0.15) is 0 Å². The molecular weight excluding hydrogens is 318 g/mol. The van der Waals surface area contributed by atoms with Crippen LogP contribution in [-0.4, -0.2) is 49.0 Å². The van der Waals surface area contributed by atoms with Crippen molar-refractivity contribution < 1.29 is 19.1 Å². The lowest BCUT2D eigenvalue weighted by Gasteiger charge is -2.44. The van der Waals surface area contributed by atoms with Gasteiger partial charge in [-0.25, -0.2) is 0 Å². The van der Waals surface area contributed by atoms with Crippen molar-refractivity contribution in [3.63, 3.8) is 0 Å². The van der Waals surface area contributed by atoms with E-state index in [0.29, 0.717) is 48.7 Å². The molecule has 0 N–H and O–H groups in total. The molecule has 0 aliphatic carbocycles. The Hall–Kier alpha value is -1.59. The van der Waals surface area contributed by atoms with Gasteiger partial charge in [0.05, 0.1) is 12.0 Å². The molecular formula is C17H20ClNO4. The second-order valence-electron chi connectivity index (χ2n) is 6.30. The third-order valence-corrected chi connectivity index (χ3v) is 4.85. The number of fused-ring (bicyclic) bond motifs is 1. The van der Waals surface area contributed by atoms with Gasteiger partial charge in [0, 0.05) is 38.1 Å². The van der Waals surface area contributed by atoms with Gasteiger partial charge in [0.25, 0.3) is 0 Å². The van der Waals surface area contributed by atoms with E-state index in [0.717, 1.165) is 5.56 Å². The van der Waals surface area contributed by atoms with Crippen molar-refractivity contribution in [2.24, 2.45) is 0 Å². The van der Waals surface area contributed by atoms with Crippen LogP contribution in [0.2, 0.25) is 5.02 Å². The number of nitrogens with zero attached hydrogens (tertiary/aromatic N) is 1. The van der Waals surface area contributed by atoms with Gasteiger partial charge in [-0.05, 0) is 24.6 Å². The first-order valence-electron chi connectivity index (χ1n) is 7.73. The molecule has 23 heavy (non-hydrogen) atoms. The van der Waals surface area contributed by atoms with Gasteiger partial charge in [-0.1, -0.05) is 11.6 Å². The number of ether oxygens (including phenoxy) is 2. The Morgan fingerprint density at radius 2 is 2.09 bits per heavy atom. The van der Waals surface area contributed by atoms with Crippen LogP contribution in [0.5, 0.6) is 5.75 Å². The average Bonchev–Trinajstić information content (AvgIpc) is 2.50. The Kier molecular flexibility index (Phi) is 4.34. The standard InChI is InChI=1S/C17H20ClNO4/c1-11-7-12(18)8-13-14(20)9-17(23-16(11)13)3-5-19(6-4-17)15(21)10-22-2/h7-8H,3-6,9-10H2,1-2H3. The van der Waals surface area contributed by atoms with Crippen LogP contribution in [0.4, 0.5) is 0 Å². The number of carbonyl (C=O) groups is 2. The predicted octanol–water partition coefficient (Wildman–Crippen LogP) is 2.62. The van der Waals surface area contributed by atoms with Gasteiger partial charge in [-0.3, -0.25) is 9.59 Å². The molecule has 2 aliphatic heterocycles. The molecule has 6 heteroatoms. The normalized spacial score (nSPS) is 19.4. The quantitative estimate of drug-likeness (QED) is 0.832. The van der Waals surface area contributed by atoms with Crippen LogP contribution in [-0.2, 0) is 9.53 Å². The fourth-order valence-electron chi connectivity index (χ4n) is 3.37. The molecule has 0 aromatic heterocycles. The number of piperidine rings is 1. The van der Waals surface area contributed by atoms with Crippen molar-refractivity contribution in [2.75, 3.05) is 26.8 Å². The lowest BCUT2D eigenvalue weighted by molar-refractivity contribution is -0.138. The van der Waals surface area contributed by atoms with Crippen molar-refractivity contribution in [3.05, 3.63) is 28.3 Å².